The zero-order valence-corrected chi connectivity index (χ0v) is 11.5. The third-order valence-corrected chi connectivity index (χ3v) is 4.89. The summed E-state index contributed by atoms with van der Waals surface area (Å²) in [7, 11) is 0. The molecule has 5 rings (SSSR count). The molecule has 0 spiro atoms. The molecule has 104 valence electrons. The van der Waals surface area contributed by atoms with Crippen molar-refractivity contribution in [2.75, 3.05) is 11.4 Å². The summed E-state index contributed by atoms with van der Waals surface area (Å²) in [6.45, 7) is 0.784. The lowest BCUT2D eigenvalue weighted by molar-refractivity contribution is 0.0987. The van der Waals surface area contributed by atoms with Gasteiger partial charge in [0.2, 0.25) is 0 Å². The second-order valence-electron chi connectivity index (χ2n) is 6.09. The molecule has 0 bridgehead atoms. The van der Waals surface area contributed by atoms with Crippen molar-refractivity contribution < 1.29 is 9.53 Å². The van der Waals surface area contributed by atoms with Gasteiger partial charge in [0.25, 0.3) is 5.91 Å². The predicted octanol–water partition coefficient (Wildman–Crippen LogP) is 3.27. The number of epoxide rings is 1. The monoisotopic (exact) mass is 277 g/mol. The van der Waals surface area contributed by atoms with Crippen LogP contribution in [0, 0.1) is 0 Å². The number of amides is 1. The zero-order chi connectivity index (χ0) is 14.0. The highest BCUT2D eigenvalue weighted by atomic mass is 16.6. The van der Waals surface area contributed by atoms with Crippen molar-refractivity contribution in [3.05, 3.63) is 65.2 Å². The van der Waals surface area contributed by atoms with Crippen molar-refractivity contribution in [3.63, 3.8) is 0 Å². The molecule has 0 saturated carbocycles. The highest BCUT2D eigenvalue weighted by Gasteiger charge is 2.51. The van der Waals surface area contributed by atoms with Gasteiger partial charge in [0.15, 0.2) is 0 Å². The van der Waals surface area contributed by atoms with E-state index in [9.17, 15) is 4.79 Å². The third-order valence-electron chi connectivity index (χ3n) is 4.89. The minimum atomic E-state index is 0.105. The lowest BCUT2D eigenvalue weighted by Crippen LogP contribution is -2.30. The number of ether oxygens (including phenoxy) is 1. The fourth-order valence-electron chi connectivity index (χ4n) is 3.91. The number of carbonyl (C=O) groups excluding carboxylic acids is 1. The van der Waals surface area contributed by atoms with Crippen molar-refractivity contribution in [2.24, 2.45) is 0 Å². The Morgan fingerprint density at radius 1 is 1.10 bits per heavy atom. The molecule has 21 heavy (non-hydrogen) atoms. The van der Waals surface area contributed by atoms with Gasteiger partial charge >= 0.3 is 0 Å². The summed E-state index contributed by atoms with van der Waals surface area (Å²) in [6, 6.07) is 15.8. The van der Waals surface area contributed by atoms with Gasteiger partial charge in [0.1, 0.15) is 6.10 Å². The molecule has 1 saturated heterocycles. The van der Waals surface area contributed by atoms with E-state index in [0.29, 0.717) is 12.0 Å². The van der Waals surface area contributed by atoms with E-state index in [2.05, 4.69) is 12.1 Å². The summed E-state index contributed by atoms with van der Waals surface area (Å²) < 4.78 is 5.74. The molecule has 2 heterocycles. The van der Waals surface area contributed by atoms with Gasteiger partial charge in [-0.1, -0.05) is 30.3 Å². The van der Waals surface area contributed by atoms with Gasteiger partial charge in [-0.15, -0.1) is 0 Å². The quantitative estimate of drug-likeness (QED) is 0.749. The van der Waals surface area contributed by atoms with Crippen LogP contribution in [-0.2, 0) is 4.74 Å². The number of fused-ring (bicyclic) bond motifs is 2. The molecule has 0 radical (unpaired) electrons. The maximum Gasteiger partial charge on any atom is 0.258 e. The summed E-state index contributed by atoms with van der Waals surface area (Å²) >= 11 is 0. The number of carbonyl (C=O) groups is 1. The van der Waals surface area contributed by atoms with Crippen LogP contribution in [0.25, 0.3) is 0 Å². The highest BCUT2D eigenvalue weighted by molar-refractivity contribution is 6.07. The first-order chi connectivity index (χ1) is 10.3. The molecular weight excluding hydrogens is 262 g/mol. The standard InChI is InChI=1S/C18H15NO2/c20-18(11-5-2-1-3-6-11)19-10-12-9-15-17(21-15)13-7-4-8-14(19)16(12)13/h1-8,12,15,17H,9-10H2. The molecule has 0 aromatic heterocycles. The molecule has 2 aromatic carbocycles. The third kappa shape index (κ3) is 1.55. The average molecular weight is 277 g/mol. The summed E-state index contributed by atoms with van der Waals surface area (Å²) in [4.78, 5) is 14.7. The van der Waals surface area contributed by atoms with Crippen LogP contribution in [0.15, 0.2) is 48.5 Å². The molecule has 3 heteroatoms. The molecule has 1 amide bonds. The van der Waals surface area contributed by atoms with Gasteiger partial charge in [-0.05, 0) is 35.7 Å². The van der Waals surface area contributed by atoms with E-state index in [1.807, 2.05) is 41.3 Å². The second kappa shape index (κ2) is 3.95. The molecule has 3 aliphatic rings. The van der Waals surface area contributed by atoms with E-state index in [4.69, 9.17) is 4.74 Å². The van der Waals surface area contributed by atoms with Gasteiger partial charge in [-0.25, -0.2) is 0 Å². The normalized spacial score (nSPS) is 28.0. The van der Waals surface area contributed by atoms with Crippen LogP contribution in [-0.4, -0.2) is 18.6 Å². The Labute approximate surface area is 123 Å². The Bertz CT molecular complexity index is 740. The first kappa shape index (κ1) is 11.5. The van der Waals surface area contributed by atoms with Gasteiger partial charge in [-0.2, -0.15) is 0 Å². The molecule has 2 aromatic rings. The second-order valence-corrected chi connectivity index (χ2v) is 6.09. The van der Waals surface area contributed by atoms with Crippen molar-refractivity contribution in [1.29, 1.82) is 0 Å². The first-order valence-corrected chi connectivity index (χ1v) is 7.48. The molecule has 3 nitrogen and oxygen atoms in total. The van der Waals surface area contributed by atoms with E-state index in [1.165, 1.54) is 11.1 Å². The largest absolute Gasteiger partial charge is 0.364 e. The fourth-order valence-corrected chi connectivity index (χ4v) is 3.91. The Kier molecular flexibility index (Phi) is 2.17. The van der Waals surface area contributed by atoms with E-state index >= 15 is 0 Å². The SMILES string of the molecule is O=C(c1ccccc1)N1CC2CC3OC3c3cccc1c32. The van der Waals surface area contributed by atoms with Crippen LogP contribution < -0.4 is 4.90 Å². The van der Waals surface area contributed by atoms with E-state index in [0.717, 1.165) is 24.2 Å². The maximum atomic E-state index is 12.8. The number of nitrogens with zero attached hydrogens (tertiary/aromatic N) is 1. The molecule has 2 aliphatic heterocycles. The van der Waals surface area contributed by atoms with Crippen LogP contribution in [0.5, 0.6) is 0 Å². The number of hydrogen-bond donors (Lipinski definition) is 0. The Morgan fingerprint density at radius 3 is 2.81 bits per heavy atom. The summed E-state index contributed by atoms with van der Waals surface area (Å²) in [5, 5.41) is 0. The summed E-state index contributed by atoms with van der Waals surface area (Å²) in [5.41, 5.74) is 4.49. The smallest absolute Gasteiger partial charge is 0.258 e. The van der Waals surface area contributed by atoms with E-state index in [1.54, 1.807) is 0 Å². The Hall–Kier alpha value is -2.13. The molecule has 1 aliphatic carbocycles. The van der Waals surface area contributed by atoms with Gasteiger partial charge < -0.3 is 9.64 Å². The van der Waals surface area contributed by atoms with Crippen molar-refractivity contribution >= 4 is 11.6 Å². The minimum Gasteiger partial charge on any atom is -0.364 e. The zero-order valence-electron chi connectivity index (χ0n) is 11.5. The average Bonchev–Trinajstić information content (AvgIpc) is 3.23. The number of anilines is 1. The lowest BCUT2D eigenvalue weighted by Gasteiger charge is -2.17. The molecule has 1 fully saturated rings. The van der Waals surface area contributed by atoms with Gasteiger partial charge in [0.05, 0.1) is 6.10 Å². The summed E-state index contributed by atoms with van der Waals surface area (Å²) in [6.07, 6.45) is 1.71. The van der Waals surface area contributed by atoms with Crippen molar-refractivity contribution in [2.45, 2.75) is 24.5 Å². The number of benzene rings is 2. The van der Waals surface area contributed by atoms with Crippen LogP contribution >= 0.6 is 0 Å². The fraction of sp³-hybridized carbons (Fsp3) is 0.278. The van der Waals surface area contributed by atoms with Crippen LogP contribution in [0.4, 0.5) is 5.69 Å². The molecule has 0 N–H and O–H groups in total. The Morgan fingerprint density at radius 2 is 1.95 bits per heavy atom. The topological polar surface area (TPSA) is 32.8 Å². The van der Waals surface area contributed by atoms with Crippen LogP contribution in [0.3, 0.4) is 0 Å². The van der Waals surface area contributed by atoms with Crippen LogP contribution in [0.2, 0.25) is 0 Å². The van der Waals surface area contributed by atoms with Crippen molar-refractivity contribution in [1.82, 2.24) is 0 Å². The summed E-state index contributed by atoms with van der Waals surface area (Å²) in [5.74, 6) is 0.542. The molecule has 3 unspecified atom stereocenters. The molecule has 3 atom stereocenters. The Balaban J connectivity index is 1.59. The first-order valence-electron chi connectivity index (χ1n) is 7.48. The van der Waals surface area contributed by atoms with Crippen LogP contribution in [0.1, 0.15) is 39.9 Å². The molecular formula is C18H15NO2. The lowest BCUT2D eigenvalue weighted by atomic mass is 9.84. The predicted molar refractivity (Wildman–Crippen MR) is 79.5 cm³/mol. The number of rotatable bonds is 1. The van der Waals surface area contributed by atoms with E-state index < -0.39 is 0 Å². The maximum absolute atomic E-state index is 12.8. The van der Waals surface area contributed by atoms with Gasteiger partial charge in [-0.3, -0.25) is 4.79 Å². The highest BCUT2D eigenvalue weighted by Crippen LogP contribution is 2.56. The minimum absolute atomic E-state index is 0.105. The van der Waals surface area contributed by atoms with Gasteiger partial charge in [0, 0.05) is 23.7 Å². The van der Waals surface area contributed by atoms with Crippen molar-refractivity contribution in [3.8, 4) is 0 Å². The number of hydrogen-bond acceptors (Lipinski definition) is 2. The van der Waals surface area contributed by atoms with E-state index in [-0.39, 0.29) is 12.0 Å².